The minimum absolute atomic E-state index is 0.133. The van der Waals surface area contributed by atoms with E-state index in [4.69, 9.17) is 10.5 Å². The Morgan fingerprint density at radius 2 is 2.15 bits per heavy atom. The highest BCUT2D eigenvalue weighted by atomic mass is 79.9. The third-order valence-electron chi connectivity index (χ3n) is 3.16. The van der Waals surface area contributed by atoms with Crippen LogP contribution >= 0.6 is 27.7 Å². The molecule has 0 aliphatic carbocycles. The minimum atomic E-state index is -0.304. The predicted molar refractivity (Wildman–Crippen MR) is 83.8 cm³/mol. The molecular weight excluding hydrogens is 341 g/mol. The zero-order valence-electron chi connectivity index (χ0n) is 10.6. The van der Waals surface area contributed by atoms with Crippen molar-refractivity contribution in [2.75, 3.05) is 11.5 Å². The van der Waals surface area contributed by atoms with Crippen LogP contribution in [0.2, 0.25) is 0 Å². The lowest BCUT2D eigenvalue weighted by Crippen LogP contribution is -2.15. The number of fused-ring (bicyclic) bond motifs is 1. The number of nitrogen functional groups attached to an aromatic ring is 1. The van der Waals surface area contributed by atoms with E-state index in [2.05, 4.69) is 22.0 Å². The van der Waals surface area contributed by atoms with Gasteiger partial charge < -0.3 is 10.5 Å². The smallest absolute Gasteiger partial charge is 0.125 e. The predicted octanol–water partition coefficient (Wildman–Crippen LogP) is 4.27. The average Bonchev–Trinajstić information content (AvgIpc) is 2.79. The summed E-state index contributed by atoms with van der Waals surface area (Å²) >= 11 is 5.06. The standard InChI is InChI=1S/C15H13BrFNOS/c16-10-1-3-14-9(5-10)6-12(19-14)8-20-15-4-2-11(17)7-13(15)18/h1-5,7,12H,6,8,18H2. The Labute approximate surface area is 129 Å². The highest BCUT2D eigenvalue weighted by Gasteiger charge is 2.23. The van der Waals surface area contributed by atoms with E-state index in [1.165, 1.54) is 17.7 Å². The third-order valence-corrected chi connectivity index (χ3v) is 4.87. The molecule has 0 bridgehead atoms. The fourth-order valence-electron chi connectivity index (χ4n) is 2.22. The largest absolute Gasteiger partial charge is 0.489 e. The molecule has 0 saturated heterocycles. The lowest BCUT2D eigenvalue weighted by molar-refractivity contribution is 0.259. The Kier molecular flexibility index (Phi) is 3.89. The van der Waals surface area contributed by atoms with Crippen molar-refractivity contribution in [1.29, 1.82) is 0 Å². The maximum absolute atomic E-state index is 13.0. The van der Waals surface area contributed by atoms with Crippen LogP contribution in [0.3, 0.4) is 0 Å². The molecular formula is C15H13BrFNOS. The maximum Gasteiger partial charge on any atom is 0.125 e. The summed E-state index contributed by atoms with van der Waals surface area (Å²) in [6, 6.07) is 10.5. The summed E-state index contributed by atoms with van der Waals surface area (Å²) in [5.41, 5.74) is 7.50. The van der Waals surface area contributed by atoms with Crippen molar-refractivity contribution in [3.8, 4) is 5.75 Å². The topological polar surface area (TPSA) is 35.2 Å². The number of hydrogen-bond donors (Lipinski definition) is 1. The molecule has 0 aromatic heterocycles. The molecule has 0 fully saturated rings. The summed E-state index contributed by atoms with van der Waals surface area (Å²) in [6.07, 6.45) is 1.02. The summed E-state index contributed by atoms with van der Waals surface area (Å²) < 4.78 is 19.9. The van der Waals surface area contributed by atoms with E-state index in [1.807, 2.05) is 12.1 Å². The molecule has 0 amide bonds. The molecule has 0 spiro atoms. The molecule has 1 atom stereocenters. The summed E-state index contributed by atoms with van der Waals surface area (Å²) in [7, 11) is 0. The first kappa shape index (κ1) is 13.8. The monoisotopic (exact) mass is 353 g/mol. The Morgan fingerprint density at radius 3 is 2.95 bits per heavy atom. The Morgan fingerprint density at radius 1 is 1.30 bits per heavy atom. The highest BCUT2D eigenvalue weighted by molar-refractivity contribution is 9.10. The quantitative estimate of drug-likeness (QED) is 0.661. The van der Waals surface area contributed by atoms with Crippen LogP contribution in [-0.2, 0) is 6.42 Å². The molecule has 20 heavy (non-hydrogen) atoms. The molecule has 3 rings (SSSR count). The zero-order valence-corrected chi connectivity index (χ0v) is 13.0. The van der Waals surface area contributed by atoms with Gasteiger partial charge >= 0.3 is 0 Å². The molecule has 2 aromatic rings. The van der Waals surface area contributed by atoms with Gasteiger partial charge in [-0.05, 0) is 42.0 Å². The highest BCUT2D eigenvalue weighted by Crippen LogP contribution is 2.34. The van der Waals surface area contributed by atoms with E-state index in [1.54, 1.807) is 17.8 Å². The van der Waals surface area contributed by atoms with Gasteiger partial charge in [-0.1, -0.05) is 15.9 Å². The molecule has 1 heterocycles. The van der Waals surface area contributed by atoms with Crippen LogP contribution < -0.4 is 10.5 Å². The van der Waals surface area contributed by atoms with E-state index in [-0.39, 0.29) is 11.9 Å². The number of ether oxygens (including phenoxy) is 1. The molecule has 0 radical (unpaired) electrons. The molecule has 2 nitrogen and oxygen atoms in total. The zero-order chi connectivity index (χ0) is 14.1. The van der Waals surface area contributed by atoms with Crippen LogP contribution in [0.1, 0.15) is 5.56 Å². The number of halogens is 2. The Hall–Kier alpha value is -1.20. The summed E-state index contributed by atoms with van der Waals surface area (Å²) in [5.74, 6) is 1.44. The second kappa shape index (κ2) is 5.66. The fourth-order valence-corrected chi connectivity index (χ4v) is 3.57. The summed E-state index contributed by atoms with van der Waals surface area (Å²) in [5, 5.41) is 0. The van der Waals surface area contributed by atoms with Crippen molar-refractivity contribution < 1.29 is 9.13 Å². The van der Waals surface area contributed by atoms with Crippen LogP contribution in [0.25, 0.3) is 0 Å². The summed E-state index contributed by atoms with van der Waals surface area (Å²) in [4.78, 5) is 0.895. The molecule has 5 heteroatoms. The van der Waals surface area contributed by atoms with Crippen LogP contribution in [0.5, 0.6) is 5.75 Å². The van der Waals surface area contributed by atoms with Gasteiger partial charge in [-0.3, -0.25) is 0 Å². The molecule has 104 valence electrons. The van der Waals surface area contributed by atoms with E-state index in [9.17, 15) is 4.39 Å². The fraction of sp³-hybridized carbons (Fsp3) is 0.200. The van der Waals surface area contributed by atoms with Crippen molar-refractivity contribution in [1.82, 2.24) is 0 Å². The third kappa shape index (κ3) is 2.94. The van der Waals surface area contributed by atoms with Gasteiger partial charge in [0.2, 0.25) is 0 Å². The minimum Gasteiger partial charge on any atom is -0.489 e. The number of benzene rings is 2. The number of anilines is 1. The Balaban J connectivity index is 1.63. The maximum atomic E-state index is 13.0. The number of thioether (sulfide) groups is 1. The van der Waals surface area contributed by atoms with Crippen LogP contribution in [0, 0.1) is 5.82 Å². The van der Waals surface area contributed by atoms with Gasteiger partial charge in [0, 0.05) is 27.2 Å². The van der Waals surface area contributed by atoms with Crippen molar-refractivity contribution in [2.45, 2.75) is 17.4 Å². The van der Waals surface area contributed by atoms with E-state index < -0.39 is 0 Å². The van der Waals surface area contributed by atoms with E-state index in [0.29, 0.717) is 5.69 Å². The first-order valence-electron chi connectivity index (χ1n) is 6.25. The van der Waals surface area contributed by atoms with Crippen molar-refractivity contribution >= 4 is 33.4 Å². The molecule has 1 aliphatic rings. The van der Waals surface area contributed by atoms with Gasteiger partial charge in [0.25, 0.3) is 0 Å². The first-order chi connectivity index (χ1) is 9.61. The van der Waals surface area contributed by atoms with Gasteiger partial charge in [0.05, 0.1) is 0 Å². The lowest BCUT2D eigenvalue weighted by Gasteiger charge is -2.11. The average molecular weight is 354 g/mol. The van der Waals surface area contributed by atoms with E-state index in [0.717, 1.165) is 27.3 Å². The molecule has 0 saturated carbocycles. The second-order valence-electron chi connectivity index (χ2n) is 4.69. The SMILES string of the molecule is Nc1cc(F)ccc1SCC1Cc2cc(Br)ccc2O1. The molecule has 2 aromatic carbocycles. The normalized spacial score (nSPS) is 16.8. The molecule has 1 aliphatic heterocycles. The van der Waals surface area contributed by atoms with Crippen LogP contribution in [0.4, 0.5) is 10.1 Å². The van der Waals surface area contributed by atoms with Crippen LogP contribution in [-0.4, -0.2) is 11.9 Å². The summed E-state index contributed by atoms with van der Waals surface area (Å²) in [6.45, 7) is 0. The molecule has 2 N–H and O–H groups in total. The molecule has 1 unspecified atom stereocenters. The van der Waals surface area contributed by atoms with Crippen molar-refractivity contribution in [3.63, 3.8) is 0 Å². The van der Waals surface area contributed by atoms with Crippen molar-refractivity contribution in [2.24, 2.45) is 0 Å². The van der Waals surface area contributed by atoms with E-state index >= 15 is 0 Å². The van der Waals surface area contributed by atoms with Gasteiger partial charge in [-0.15, -0.1) is 11.8 Å². The van der Waals surface area contributed by atoms with Crippen molar-refractivity contribution in [3.05, 3.63) is 52.3 Å². The van der Waals surface area contributed by atoms with Gasteiger partial charge in [-0.25, -0.2) is 4.39 Å². The van der Waals surface area contributed by atoms with Gasteiger partial charge in [0.15, 0.2) is 0 Å². The Bertz CT molecular complexity index is 650. The van der Waals surface area contributed by atoms with Gasteiger partial charge in [-0.2, -0.15) is 0 Å². The first-order valence-corrected chi connectivity index (χ1v) is 8.02. The second-order valence-corrected chi connectivity index (χ2v) is 6.67. The number of rotatable bonds is 3. The number of hydrogen-bond acceptors (Lipinski definition) is 3. The number of nitrogens with two attached hydrogens (primary N) is 1. The van der Waals surface area contributed by atoms with Crippen LogP contribution in [0.15, 0.2) is 45.8 Å². The van der Waals surface area contributed by atoms with Gasteiger partial charge in [0.1, 0.15) is 17.7 Å². The lowest BCUT2D eigenvalue weighted by atomic mass is 10.1.